The van der Waals surface area contributed by atoms with Crippen molar-refractivity contribution in [1.29, 1.82) is 0 Å². The van der Waals surface area contributed by atoms with Crippen LogP contribution in [-0.2, 0) is 0 Å². The van der Waals surface area contributed by atoms with Gasteiger partial charge in [0.25, 0.3) is 0 Å². The van der Waals surface area contributed by atoms with Gasteiger partial charge in [-0.3, -0.25) is 4.98 Å². The summed E-state index contributed by atoms with van der Waals surface area (Å²) in [6, 6.07) is 5.66. The van der Waals surface area contributed by atoms with E-state index in [2.05, 4.69) is 23.1 Å². The van der Waals surface area contributed by atoms with Crippen LogP contribution in [0.2, 0.25) is 0 Å². The van der Waals surface area contributed by atoms with Crippen molar-refractivity contribution >= 4 is 22.7 Å². The van der Waals surface area contributed by atoms with Crippen LogP contribution in [-0.4, -0.2) is 9.97 Å². The number of aromatic nitrogens is 2. The maximum Gasteiger partial charge on any atom is 0.0889 e. The average Bonchev–Trinajstić information content (AvgIpc) is 2.46. The van der Waals surface area contributed by atoms with Crippen LogP contribution in [0, 0.1) is 6.92 Å². The Morgan fingerprint density at radius 1 is 1.48 bits per heavy atom. The quantitative estimate of drug-likeness (QED) is 0.914. The molecule has 2 aromatic heterocycles. The minimum Gasteiger partial charge on any atom is -0.324 e. The molecule has 0 fully saturated rings. The maximum absolute atomic E-state index is 6.10. The largest absolute Gasteiger partial charge is 0.324 e. The number of hydrogen-bond donors (Lipinski definition) is 1. The highest BCUT2D eigenvalue weighted by Gasteiger charge is 2.17. The van der Waals surface area contributed by atoms with Crippen LogP contribution < -0.4 is 5.73 Å². The number of aryl methyl sites for hydroxylation is 1. The molecule has 1 unspecified atom stereocenters. The average molecular weight is 300 g/mol. The zero-order valence-corrected chi connectivity index (χ0v) is 13.0. The maximum atomic E-state index is 6.10. The predicted octanol–water partition coefficient (Wildman–Crippen LogP) is 4.32. The first-order chi connectivity index (χ1) is 9.95. The van der Waals surface area contributed by atoms with E-state index < -0.39 is 0 Å². The van der Waals surface area contributed by atoms with Gasteiger partial charge in [-0.25, -0.2) is 4.98 Å². The first kappa shape index (κ1) is 15.4. The molecule has 21 heavy (non-hydrogen) atoms. The molecular weight excluding hydrogens is 282 g/mol. The van der Waals surface area contributed by atoms with Gasteiger partial charge in [0, 0.05) is 29.1 Å². The van der Waals surface area contributed by atoms with Crippen molar-refractivity contribution < 1.29 is 0 Å². The summed E-state index contributed by atoms with van der Waals surface area (Å²) in [4.78, 5) is 8.99. The summed E-state index contributed by atoms with van der Waals surface area (Å²) in [5.74, 6) is 0. The van der Waals surface area contributed by atoms with E-state index in [1.165, 1.54) is 0 Å². The summed E-state index contributed by atoms with van der Waals surface area (Å²) in [5, 5.41) is 0.379. The van der Waals surface area contributed by atoms with Gasteiger partial charge in [0.1, 0.15) is 0 Å². The minimum absolute atomic E-state index is 0.163. The zero-order chi connectivity index (χ0) is 15.6. The van der Waals surface area contributed by atoms with Gasteiger partial charge < -0.3 is 5.73 Å². The van der Waals surface area contributed by atoms with E-state index in [0.717, 1.165) is 28.1 Å². The molecule has 0 saturated heterocycles. The molecule has 0 spiro atoms. The summed E-state index contributed by atoms with van der Waals surface area (Å²) in [6.45, 7) is 11.4. The standard InChI is InChI=1S/C17H18ClN3/c1-5-13-9-15(11(3)19)17(21-16(13)10(2)18)14-7-6-8-20-12(14)4/h5-9,11H,1-2,19H2,3-4H3. The third-order valence-electron chi connectivity index (χ3n) is 3.31. The molecule has 2 rings (SSSR count). The van der Waals surface area contributed by atoms with Crippen LogP contribution in [0.1, 0.15) is 35.5 Å². The molecule has 4 heteroatoms. The van der Waals surface area contributed by atoms with Gasteiger partial charge in [0.15, 0.2) is 0 Å². The first-order valence-corrected chi connectivity index (χ1v) is 7.03. The van der Waals surface area contributed by atoms with Gasteiger partial charge in [-0.1, -0.05) is 30.8 Å². The van der Waals surface area contributed by atoms with Crippen LogP contribution in [0.5, 0.6) is 0 Å². The fourth-order valence-corrected chi connectivity index (χ4v) is 2.37. The molecule has 3 nitrogen and oxygen atoms in total. The van der Waals surface area contributed by atoms with Gasteiger partial charge in [0.05, 0.1) is 16.4 Å². The molecule has 2 N–H and O–H groups in total. The first-order valence-electron chi connectivity index (χ1n) is 6.65. The smallest absolute Gasteiger partial charge is 0.0889 e. The highest BCUT2D eigenvalue weighted by Crippen LogP contribution is 2.32. The van der Waals surface area contributed by atoms with Crippen molar-refractivity contribution in [1.82, 2.24) is 9.97 Å². The molecule has 0 amide bonds. The highest BCUT2D eigenvalue weighted by atomic mass is 35.5. The Hall–Kier alpha value is -1.97. The molecule has 108 valence electrons. The summed E-state index contributed by atoms with van der Waals surface area (Å²) < 4.78 is 0. The van der Waals surface area contributed by atoms with Crippen molar-refractivity contribution in [3.8, 4) is 11.3 Å². The van der Waals surface area contributed by atoms with E-state index in [-0.39, 0.29) is 6.04 Å². The molecule has 2 heterocycles. The molecule has 0 saturated carbocycles. The van der Waals surface area contributed by atoms with E-state index in [1.54, 1.807) is 12.3 Å². The topological polar surface area (TPSA) is 51.8 Å². The molecule has 0 bridgehead atoms. The van der Waals surface area contributed by atoms with Crippen molar-refractivity contribution in [2.45, 2.75) is 19.9 Å². The number of nitrogens with zero attached hydrogens (tertiary/aromatic N) is 2. The number of pyridine rings is 2. The Morgan fingerprint density at radius 3 is 2.71 bits per heavy atom. The molecule has 0 radical (unpaired) electrons. The fourth-order valence-electron chi connectivity index (χ4n) is 2.22. The van der Waals surface area contributed by atoms with Gasteiger partial charge in [-0.05, 0) is 37.6 Å². The van der Waals surface area contributed by atoms with Crippen LogP contribution in [0.15, 0.2) is 37.6 Å². The molecule has 0 aromatic carbocycles. The second kappa shape index (κ2) is 6.20. The Labute approximate surface area is 130 Å². The zero-order valence-electron chi connectivity index (χ0n) is 12.2. The Kier molecular flexibility index (Phi) is 4.56. The van der Waals surface area contributed by atoms with E-state index in [0.29, 0.717) is 10.7 Å². The molecule has 2 aromatic rings. The molecule has 0 aliphatic carbocycles. The lowest BCUT2D eigenvalue weighted by atomic mass is 9.97. The second-order valence-corrected chi connectivity index (χ2v) is 5.35. The van der Waals surface area contributed by atoms with E-state index in [9.17, 15) is 0 Å². The van der Waals surface area contributed by atoms with Gasteiger partial charge in [-0.15, -0.1) is 0 Å². The summed E-state index contributed by atoms with van der Waals surface area (Å²) in [6.07, 6.45) is 3.46. The van der Waals surface area contributed by atoms with Crippen molar-refractivity contribution in [3.05, 3.63) is 60.1 Å². The highest BCUT2D eigenvalue weighted by molar-refractivity contribution is 6.48. The number of rotatable bonds is 4. The SMILES string of the molecule is C=Cc1cc(C(C)N)c(-c2cccnc2C)nc1C(=C)Cl. The fraction of sp³-hybridized carbons (Fsp3) is 0.176. The van der Waals surface area contributed by atoms with Crippen molar-refractivity contribution in [2.24, 2.45) is 5.73 Å². The third-order valence-corrected chi connectivity index (χ3v) is 3.49. The lowest BCUT2D eigenvalue weighted by Gasteiger charge is -2.17. The lowest BCUT2D eigenvalue weighted by Crippen LogP contribution is -2.10. The van der Waals surface area contributed by atoms with E-state index >= 15 is 0 Å². The lowest BCUT2D eigenvalue weighted by molar-refractivity contribution is 0.813. The second-order valence-electron chi connectivity index (χ2n) is 4.90. The van der Waals surface area contributed by atoms with Crippen LogP contribution >= 0.6 is 11.6 Å². The van der Waals surface area contributed by atoms with E-state index in [1.807, 2.05) is 32.0 Å². The molecule has 0 aliphatic heterocycles. The monoisotopic (exact) mass is 299 g/mol. The van der Waals surface area contributed by atoms with Crippen molar-refractivity contribution in [3.63, 3.8) is 0 Å². The summed E-state index contributed by atoms with van der Waals surface area (Å²) in [7, 11) is 0. The van der Waals surface area contributed by atoms with Crippen LogP contribution in [0.25, 0.3) is 22.4 Å². The number of halogens is 1. The Bertz CT molecular complexity index is 705. The molecular formula is C17H18ClN3. The summed E-state index contributed by atoms with van der Waals surface area (Å²) >= 11 is 6.07. The summed E-state index contributed by atoms with van der Waals surface area (Å²) in [5.41, 5.74) is 11.1. The van der Waals surface area contributed by atoms with Gasteiger partial charge in [-0.2, -0.15) is 0 Å². The van der Waals surface area contributed by atoms with Crippen molar-refractivity contribution in [2.75, 3.05) is 0 Å². The third kappa shape index (κ3) is 3.04. The molecule has 1 atom stereocenters. The van der Waals surface area contributed by atoms with E-state index in [4.69, 9.17) is 17.3 Å². The predicted molar refractivity (Wildman–Crippen MR) is 89.8 cm³/mol. The van der Waals surface area contributed by atoms with Gasteiger partial charge in [0.2, 0.25) is 0 Å². The van der Waals surface area contributed by atoms with Crippen LogP contribution in [0.4, 0.5) is 0 Å². The number of hydrogen-bond acceptors (Lipinski definition) is 3. The molecule has 0 aliphatic rings. The number of nitrogens with two attached hydrogens (primary N) is 1. The Morgan fingerprint density at radius 2 is 2.19 bits per heavy atom. The van der Waals surface area contributed by atoms with Gasteiger partial charge >= 0.3 is 0 Å². The minimum atomic E-state index is -0.163. The Balaban J connectivity index is 2.80. The van der Waals surface area contributed by atoms with Crippen LogP contribution in [0.3, 0.4) is 0 Å². The normalized spacial score (nSPS) is 12.0.